The van der Waals surface area contributed by atoms with Crippen LogP contribution in [0.5, 0.6) is 5.75 Å². The molecule has 24 heavy (non-hydrogen) atoms. The lowest BCUT2D eigenvalue weighted by Crippen LogP contribution is -2.42. The van der Waals surface area contributed by atoms with Crippen LogP contribution in [-0.4, -0.2) is 17.3 Å². The molecule has 0 aliphatic rings. The summed E-state index contributed by atoms with van der Waals surface area (Å²) in [5, 5.41) is 13.3. The zero-order chi connectivity index (χ0) is 16.9. The average molecular weight is 370 g/mol. The van der Waals surface area contributed by atoms with E-state index in [0.29, 0.717) is 18.2 Å². The third kappa shape index (κ3) is 6.33. The lowest BCUT2D eigenvalue weighted by molar-refractivity contribution is 0.186. The predicted molar refractivity (Wildman–Crippen MR) is 102 cm³/mol. The predicted octanol–water partition coefficient (Wildman–Crippen LogP) is 4.51. The Morgan fingerprint density at radius 3 is 2.42 bits per heavy atom. The normalized spacial score (nSPS) is 11.0. The molecule has 3 nitrogen and oxygen atoms in total. The highest BCUT2D eigenvalue weighted by Crippen LogP contribution is 2.24. The number of hydrogen-bond acceptors (Lipinski definition) is 3. The van der Waals surface area contributed by atoms with Crippen LogP contribution in [0.1, 0.15) is 30.5 Å². The Labute approximate surface area is 155 Å². The van der Waals surface area contributed by atoms with Crippen molar-refractivity contribution in [3.05, 3.63) is 64.2 Å². The highest BCUT2D eigenvalue weighted by Gasteiger charge is 2.16. The van der Waals surface area contributed by atoms with E-state index < -0.39 is 0 Å². The van der Waals surface area contributed by atoms with Crippen LogP contribution >= 0.6 is 24.0 Å². The monoisotopic (exact) mass is 369 g/mol. The molecular weight excluding hydrogens is 345 g/mol. The van der Waals surface area contributed by atoms with Crippen LogP contribution in [0.3, 0.4) is 0 Å². The molecule has 0 bridgehead atoms. The van der Waals surface area contributed by atoms with E-state index in [1.165, 1.54) is 5.56 Å². The molecule has 0 heterocycles. The Morgan fingerprint density at radius 1 is 1.12 bits per heavy atom. The van der Waals surface area contributed by atoms with Crippen LogP contribution in [-0.2, 0) is 13.2 Å². The molecule has 0 atom stereocenters. The number of rotatable bonds is 7. The fourth-order valence-electron chi connectivity index (χ4n) is 2.06. The lowest BCUT2D eigenvalue weighted by atomic mass is 10.1. The Balaban J connectivity index is 0.00000288. The minimum Gasteiger partial charge on any atom is -0.489 e. The Morgan fingerprint density at radius 2 is 1.79 bits per heavy atom. The van der Waals surface area contributed by atoms with Crippen LogP contribution in [0.25, 0.3) is 0 Å². The summed E-state index contributed by atoms with van der Waals surface area (Å²) in [5.74, 6) is 0.802. The third-order valence-electron chi connectivity index (χ3n) is 3.69. The molecule has 2 aromatic rings. The van der Waals surface area contributed by atoms with Gasteiger partial charge in [-0.2, -0.15) is 0 Å². The van der Waals surface area contributed by atoms with E-state index in [4.69, 9.17) is 16.3 Å². The molecule has 2 rings (SSSR count). The van der Waals surface area contributed by atoms with Gasteiger partial charge in [-0.3, -0.25) is 0 Å². The number of aliphatic hydroxyl groups is 1. The van der Waals surface area contributed by atoms with Crippen LogP contribution in [0.4, 0.5) is 0 Å². The summed E-state index contributed by atoms with van der Waals surface area (Å²) in [6.45, 7) is 7.12. The summed E-state index contributed by atoms with van der Waals surface area (Å²) in [7, 11) is 0. The minimum atomic E-state index is -0.351. The van der Waals surface area contributed by atoms with Gasteiger partial charge in [0.05, 0.1) is 6.61 Å². The Kier molecular flexibility index (Phi) is 8.04. The number of hydrogen-bond donors (Lipinski definition) is 2. The molecule has 0 saturated heterocycles. The maximum absolute atomic E-state index is 9.35. The van der Waals surface area contributed by atoms with Gasteiger partial charge in [0.2, 0.25) is 0 Å². The quantitative estimate of drug-likeness (QED) is 0.754. The van der Waals surface area contributed by atoms with Crippen molar-refractivity contribution in [1.29, 1.82) is 0 Å². The second kappa shape index (κ2) is 9.28. The van der Waals surface area contributed by atoms with Gasteiger partial charge in [0.1, 0.15) is 12.4 Å². The fraction of sp³-hybridized carbons (Fsp3) is 0.368. The smallest absolute Gasteiger partial charge is 0.124 e. The van der Waals surface area contributed by atoms with Gasteiger partial charge >= 0.3 is 0 Å². The summed E-state index contributed by atoms with van der Waals surface area (Å²) >= 11 is 6.10. The first kappa shape index (κ1) is 20.8. The maximum Gasteiger partial charge on any atom is 0.124 e. The highest BCUT2D eigenvalue weighted by atomic mass is 35.5. The Hall–Kier alpha value is -1.26. The highest BCUT2D eigenvalue weighted by molar-refractivity contribution is 6.30. The van der Waals surface area contributed by atoms with E-state index in [-0.39, 0.29) is 24.6 Å². The molecule has 5 heteroatoms. The number of halogens is 2. The first-order chi connectivity index (χ1) is 10.9. The van der Waals surface area contributed by atoms with Gasteiger partial charge in [0.15, 0.2) is 0 Å². The maximum atomic E-state index is 9.35. The lowest BCUT2D eigenvalue weighted by Gasteiger charge is -2.24. The van der Waals surface area contributed by atoms with Crippen LogP contribution in [0, 0.1) is 6.92 Å². The van der Waals surface area contributed by atoms with Crippen molar-refractivity contribution < 1.29 is 9.84 Å². The molecule has 0 unspecified atom stereocenters. The van der Waals surface area contributed by atoms with Crippen molar-refractivity contribution in [2.75, 3.05) is 6.61 Å². The number of nitrogens with one attached hydrogen (secondary N) is 1. The molecule has 0 amide bonds. The number of benzene rings is 2. The third-order valence-corrected chi connectivity index (χ3v) is 3.93. The molecule has 2 aromatic carbocycles. The topological polar surface area (TPSA) is 41.5 Å². The fourth-order valence-corrected chi connectivity index (χ4v) is 2.26. The minimum absolute atomic E-state index is 0. The summed E-state index contributed by atoms with van der Waals surface area (Å²) in [5.41, 5.74) is 2.99. The van der Waals surface area contributed by atoms with Gasteiger partial charge in [0, 0.05) is 22.7 Å². The van der Waals surface area contributed by atoms with Crippen molar-refractivity contribution in [1.82, 2.24) is 5.32 Å². The SMILES string of the molecule is Cc1ccc(COc2ccc(Cl)cc2CNC(C)(C)CO)cc1.Cl. The van der Waals surface area contributed by atoms with E-state index in [0.717, 1.165) is 16.9 Å². The standard InChI is InChI=1S/C19H24ClNO2.ClH/c1-14-4-6-15(7-5-14)12-23-18-9-8-17(20)10-16(18)11-21-19(2,3)13-22;/h4-10,21-22H,11-13H2,1-3H3;1H. The van der Waals surface area contributed by atoms with Gasteiger partial charge in [-0.15, -0.1) is 12.4 Å². The largest absolute Gasteiger partial charge is 0.489 e. The molecule has 0 spiro atoms. The number of ether oxygens (including phenoxy) is 1. The van der Waals surface area contributed by atoms with Crippen molar-refractivity contribution >= 4 is 24.0 Å². The van der Waals surface area contributed by atoms with Gasteiger partial charge < -0.3 is 15.2 Å². The van der Waals surface area contributed by atoms with E-state index in [2.05, 4.69) is 36.5 Å². The zero-order valence-electron chi connectivity index (χ0n) is 14.3. The zero-order valence-corrected chi connectivity index (χ0v) is 15.9. The molecule has 0 aromatic heterocycles. The molecule has 0 aliphatic carbocycles. The van der Waals surface area contributed by atoms with Crippen molar-refractivity contribution in [3.8, 4) is 5.75 Å². The molecule has 0 fully saturated rings. The summed E-state index contributed by atoms with van der Waals surface area (Å²) in [4.78, 5) is 0. The van der Waals surface area contributed by atoms with Gasteiger partial charge in [0.25, 0.3) is 0 Å². The van der Waals surface area contributed by atoms with Crippen LogP contribution < -0.4 is 10.1 Å². The van der Waals surface area contributed by atoms with E-state index in [1.807, 2.05) is 32.0 Å². The summed E-state index contributed by atoms with van der Waals surface area (Å²) < 4.78 is 5.96. The van der Waals surface area contributed by atoms with Crippen LogP contribution in [0.2, 0.25) is 5.02 Å². The van der Waals surface area contributed by atoms with E-state index in [9.17, 15) is 5.11 Å². The Bertz CT molecular complexity index is 642. The second-order valence-electron chi connectivity index (χ2n) is 6.42. The van der Waals surface area contributed by atoms with Crippen LogP contribution in [0.15, 0.2) is 42.5 Å². The first-order valence-corrected chi connectivity index (χ1v) is 8.10. The van der Waals surface area contributed by atoms with E-state index >= 15 is 0 Å². The van der Waals surface area contributed by atoms with Crippen molar-refractivity contribution in [3.63, 3.8) is 0 Å². The molecule has 2 N–H and O–H groups in total. The average Bonchev–Trinajstić information content (AvgIpc) is 2.53. The first-order valence-electron chi connectivity index (χ1n) is 7.72. The molecule has 132 valence electrons. The molecule has 0 radical (unpaired) electrons. The van der Waals surface area contributed by atoms with E-state index in [1.54, 1.807) is 0 Å². The molecular formula is C19H25Cl2NO2. The van der Waals surface area contributed by atoms with Gasteiger partial charge in [-0.05, 0) is 44.5 Å². The summed E-state index contributed by atoms with van der Waals surface area (Å²) in [6.07, 6.45) is 0. The molecule has 0 saturated carbocycles. The summed E-state index contributed by atoms with van der Waals surface area (Å²) in [6, 6.07) is 13.9. The number of aliphatic hydroxyl groups excluding tert-OH is 1. The van der Waals surface area contributed by atoms with Gasteiger partial charge in [-0.25, -0.2) is 0 Å². The van der Waals surface area contributed by atoms with Crippen molar-refractivity contribution in [2.24, 2.45) is 0 Å². The second-order valence-corrected chi connectivity index (χ2v) is 6.86. The van der Waals surface area contributed by atoms with Gasteiger partial charge in [-0.1, -0.05) is 41.4 Å². The molecule has 0 aliphatic heterocycles. The number of aryl methyl sites for hydroxylation is 1. The van der Waals surface area contributed by atoms with Crippen molar-refractivity contribution in [2.45, 2.75) is 39.5 Å².